The Morgan fingerprint density at radius 1 is 1.48 bits per heavy atom. The Balaban J connectivity index is 2.30. The lowest BCUT2D eigenvalue weighted by molar-refractivity contribution is -0.143. The number of anilines is 1. The number of halogens is 4. The number of hydrogen-bond acceptors (Lipinski definition) is 4. The van der Waals surface area contributed by atoms with Gasteiger partial charge in [0.15, 0.2) is 0 Å². The molecule has 1 saturated heterocycles. The topological polar surface area (TPSA) is 64.2 Å². The highest BCUT2D eigenvalue weighted by Gasteiger charge is 2.30. The van der Waals surface area contributed by atoms with Crippen LogP contribution in [-0.2, 0) is 6.54 Å². The van der Waals surface area contributed by atoms with Crippen LogP contribution in [0.15, 0.2) is 15.5 Å². The molecule has 21 heavy (non-hydrogen) atoms. The van der Waals surface area contributed by atoms with Gasteiger partial charge in [-0.3, -0.25) is 4.79 Å². The Labute approximate surface area is 128 Å². The van der Waals surface area contributed by atoms with Crippen LogP contribution in [-0.4, -0.2) is 35.1 Å². The summed E-state index contributed by atoms with van der Waals surface area (Å²) in [5.74, 6) is 0.346. The van der Waals surface area contributed by atoms with E-state index in [-0.39, 0.29) is 10.5 Å². The summed E-state index contributed by atoms with van der Waals surface area (Å²) in [5.41, 5.74) is 5.64. The molecule has 1 fully saturated rings. The van der Waals surface area contributed by atoms with Gasteiger partial charge in [-0.2, -0.15) is 18.3 Å². The molecular weight excluding hydrogens is 353 g/mol. The molecule has 1 aliphatic heterocycles. The lowest BCUT2D eigenvalue weighted by Crippen LogP contribution is -2.47. The summed E-state index contributed by atoms with van der Waals surface area (Å²) < 4.78 is 37.6. The standard InChI is InChI=1S/C12H16BrF3N4O/c1-7-2-8(17)5-19(4-7)9-3-18-20(6-12(14,15)16)11(21)10(9)13/h3,7-8H,2,4-6,17H2,1H3. The normalized spacial score (nSPS) is 23.4. The zero-order valence-electron chi connectivity index (χ0n) is 11.4. The lowest BCUT2D eigenvalue weighted by atomic mass is 9.96. The van der Waals surface area contributed by atoms with Crippen LogP contribution in [0.5, 0.6) is 0 Å². The molecule has 2 rings (SSSR count). The second kappa shape index (κ2) is 5.96. The Kier molecular flexibility index (Phi) is 4.62. The molecule has 1 aliphatic rings. The van der Waals surface area contributed by atoms with E-state index in [0.29, 0.717) is 29.4 Å². The molecule has 1 aromatic heterocycles. The van der Waals surface area contributed by atoms with E-state index in [4.69, 9.17) is 5.73 Å². The molecule has 0 aliphatic carbocycles. The first-order chi connectivity index (χ1) is 9.67. The van der Waals surface area contributed by atoms with Gasteiger partial charge < -0.3 is 10.6 Å². The fraction of sp³-hybridized carbons (Fsp3) is 0.667. The fourth-order valence-corrected chi connectivity index (χ4v) is 3.11. The minimum atomic E-state index is -4.49. The van der Waals surface area contributed by atoms with E-state index in [1.54, 1.807) is 0 Å². The average molecular weight is 369 g/mol. The van der Waals surface area contributed by atoms with Gasteiger partial charge in [-0.05, 0) is 28.3 Å². The molecule has 1 aromatic rings. The molecule has 9 heteroatoms. The van der Waals surface area contributed by atoms with Crippen molar-refractivity contribution in [3.8, 4) is 0 Å². The van der Waals surface area contributed by atoms with Crippen molar-refractivity contribution in [2.45, 2.75) is 32.1 Å². The minimum absolute atomic E-state index is 0.0294. The summed E-state index contributed by atoms with van der Waals surface area (Å²) in [5, 5.41) is 3.62. The van der Waals surface area contributed by atoms with Gasteiger partial charge in [0.25, 0.3) is 5.56 Å². The predicted molar refractivity (Wildman–Crippen MR) is 76.2 cm³/mol. The smallest absolute Gasteiger partial charge is 0.367 e. The van der Waals surface area contributed by atoms with E-state index in [2.05, 4.69) is 21.0 Å². The van der Waals surface area contributed by atoms with Crippen LogP contribution in [0, 0.1) is 5.92 Å². The van der Waals surface area contributed by atoms with Crippen molar-refractivity contribution in [1.82, 2.24) is 9.78 Å². The van der Waals surface area contributed by atoms with E-state index in [1.807, 2.05) is 11.8 Å². The molecule has 2 atom stereocenters. The van der Waals surface area contributed by atoms with E-state index < -0.39 is 18.3 Å². The van der Waals surface area contributed by atoms with Crippen molar-refractivity contribution in [3.63, 3.8) is 0 Å². The molecule has 2 unspecified atom stereocenters. The van der Waals surface area contributed by atoms with Gasteiger partial charge in [0, 0.05) is 19.1 Å². The average Bonchev–Trinajstić information content (AvgIpc) is 2.32. The second-order valence-electron chi connectivity index (χ2n) is 5.43. The van der Waals surface area contributed by atoms with E-state index in [0.717, 1.165) is 6.42 Å². The monoisotopic (exact) mass is 368 g/mol. The number of alkyl halides is 3. The Morgan fingerprint density at radius 2 is 2.14 bits per heavy atom. The third kappa shape index (κ3) is 3.97. The summed E-state index contributed by atoms with van der Waals surface area (Å²) in [4.78, 5) is 13.9. The maximum Gasteiger partial charge on any atom is 0.408 e. The van der Waals surface area contributed by atoms with Crippen LogP contribution in [0.2, 0.25) is 0 Å². The van der Waals surface area contributed by atoms with Crippen molar-refractivity contribution >= 4 is 21.6 Å². The van der Waals surface area contributed by atoms with Crippen molar-refractivity contribution in [3.05, 3.63) is 21.0 Å². The Morgan fingerprint density at radius 3 is 2.71 bits per heavy atom. The van der Waals surface area contributed by atoms with Crippen molar-refractivity contribution in [2.75, 3.05) is 18.0 Å². The summed E-state index contributed by atoms with van der Waals surface area (Å²) in [6.07, 6.45) is -2.32. The molecule has 0 spiro atoms. The highest BCUT2D eigenvalue weighted by atomic mass is 79.9. The molecule has 2 N–H and O–H groups in total. The van der Waals surface area contributed by atoms with Crippen LogP contribution in [0.3, 0.4) is 0 Å². The molecule has 0 radical (unpaired) electrons. The van der Waals surface area contributed by atoms with Crippen molar-refractivity contribution < 1.29 is 13.2 Å². The SMILES string of the molecule is CC1CC(N)CN(c2cnn(CC(F)(F)F)c(=O)c2Br)C1. The second-order valence-corrected chi connectivity index (χ2v) is 6.22. The van der Waals surface area contributed by atoms with Gasteiger partial charge >= 0.3 is 6.18 Å². The summed E-state index contributed by atoms with van der Waals surface area (Å²) in [7, 11) is 0. The number of nitrogens with zero attached hydrogens (tertiary/aromatic N) is 3. The number of aromatic nitrogens is 2. The van der Waals surface area contributed by atoms with Gasteiger partial charge in [-0.25, -0.2) is 4.68 Å². The highest BCUT2D eigenvalue weighted by molar-refractivity contribution is 9.10. The first-order valence-corrected chi connectivity index (χ1v) is 7.29. The molecule has 0 aromatic carbocycles. The minimum Gasteiger partial charge on any atom is -0.367 e. The largest absolute Gasteiger partial charge is 0.408 e. The van der Waals surface area contributed by atoms with Crippen molar-refractivity contribution in [1.29, 1.82) is 0 Å². The van der Waals surface area contributed by atoms with E-state index in [9.17, 15) is 18.0 Å². The predicted octanol–water partition coefficient (Wildman–Crippen LogP) is 1.74. The van der Waals surface area contributed by atoms with Gasteiger partial charge in [0.05, 0.1) is 11.9 Å². The Hall–Kier alpha value is -1.09. The highest BCUT2D eigenvalue weighted by Crippen LogP contribution is 2.27. The first kappa shape index (κ1) is 16.3. The third-order valence-electron chi connectivity index (χ3n) is 3.33. The quantitative estimate of drug-likeness (QED) is 0.863. The summed E-state index contributed by atoms with van der Waals surface area (Å²) >= 11 is 3.09. The Bertz CT molecular complexity index is 565. The molecule has 5 nitrogen and oxygen atoms in total. The molecular formula is C12H16BrF3N4O. The number of rotatable bonds is 2. The maximum atomic E-state index is 12.4. The van der Waals surface area contributed by atoms with Crippen LogP contribution >= 0.6 is 15.9 Å². The first-order valence-electron chi connectivity index (χ1n) is 6.50. The van der Waals surface area contributed by atoms with Crippen molar-refractivity contribution in [2.24, 2.45) is 11.7 Å². The number of hydrogen-bond donors (Lipinski definition) is 1. The fourth-order valence-electron chi connectivity index (χ4n) is 2.56. The van der Waals surface area contributed by atoms with Gasteiger partial charge in [-0.15, -0.1) is 0 Å². The van der Waals surface area contributed by atoms with E-state index in [1.165, 1.54) is 6.20 Å². The number of nitrogens with two attached hydrogens (primary N) is 1. The summed E-state index contributed by atoms with van der Waals surface area (Å²) in [6, 6.07) is -0.0294. The van der Waals surface area contributed by atoms with Crippen LogP contribution in [0.25, 0.3) is 0 Å². The van der Waals surface area contributed by atoms with Gasteiger partial charge in [-0.1, -0.05) is 6.92 Å². The van der Waals surface area contributed by atoms with Gasteiger partial charge in [0.2, 0.25) is 0 Å². The molecule has 0 saturated carbocycles. The summed E-state index contributed by atoms with van der Waals surface area (Å²) in [6.45, 7) is 1.88. The lowest BCUT2D eigenvalue weighted by Gasteiger charge is -2.36. The number of piperidine rings is 1. The molecule has 2 heterocycles. The maximum absolute atomic E-state index is 12.4. The third-order valence-corrected chi connectivity index (χ3v) is 4.07. The molecule has 0 amide bonds. The van der Waals surface area contributed by atoms with E-state index >= 15 is 0 Å². The zero-order chi connectivity index (χ0) is 15.8. The van der Waals surface area contributed by atoms with Crippen LogP contribution < -0.4 is 16.2 Å². The molecule has 0 bridgehead atoms. The van der Waals surface area contributed by atoms with Crippen LogP contribution in [0.1, 0.15) is 13.3 Å². The van der Waals surface area contributed by atoms with Gasteiger partial charge in [0.1, 0.15) is 11.0 Å². The zero-order valence-corrected chi connectivity index (χ0v) is 13.0. The molecule has 118 valence electrons. The van der Waals surface area contributed by atoms with Crippen LogP contribution in [0.4, 0.5) is 18.9 Å².